The zero-order chi connectivity index (χ0) is 14.5. The summed E-state index contributed by atoms with van der Waals surface area (Å²) >= 11 is 0. The summed E-state index contributed by atoms with van der Waals surface area (Å²) in [5, 5.41) is 0. The Hall–Kier alpha value is -1.91. The molecule has 1 unspecified atom stereocenters. The lowest BCUT2D eigenvalue weighted by atomic mass is 9.98. The van der Waals surface area contributed by atoms with E-state index in [2.05, 4.69) is 5.43 Å². The van der Waals surface area contributed by atoms with Gasteiger partial charge in [0.15, 0.2) is 0 Å². The van der Waals surface area contributed by atoms with Crippen molar-refractivity contribution in [1.29, 1.82) is 0 Å². The lowest BCUT2D eigenvalue weighted by Gasteiger charge is -2.17. The molecule has 0 amide bonds. The van der Waals surface area contributed by atoms with Crippen molar-refractivity contribution in [3.05, 3.63) is 65.0 Å². The number of hydrogen-bond acceptors (Lipinski definition) is 3. The quantitative estimate of drug-likeness (QED) is 0.651. The van der Waals surface area contributed by atoms with E-state index in [4.69, 9.17) is 10.6 Å². The predicted octanol–water partition coefficient (Wildman–Crippen LogP) is 2.89. The lowest BCUT2D eigenvalue weighted by Crippen LogP contribution is -2.29. The van der Waals surface area contributed by atoms with Crippen molar-refractivity contribution in [2.45, 2.75) is 19.4 Å². The van der Waals surface area contributed by atoms with Gasteiger partial charge < -0.3 is 4.74 Å². The average molecular weight is 274 g/mol. The van der Waals surface area contributed by atoms with Gasteiger partial charge in [-0.3, -0.25) is 11.3 Å². The smallest absolute Gasteiger partial charge is 0.126 e. The van der Waals surface area contributed by atoms with Crippen LogP contribution in [0.25, 0.3) is 0 Å². The Morgan fingerprint density at radius 1 is 1.25 bits per heavy atom. The first-order valence-corrected chi connectivity index (χ1v) is 6.49. The summed E-state index contributed by atoms with van der Waals surface area (Å²) in [5.41, 5.74) is 5.48. The van der Waals surface area contributed by atoms with E-state index >= 15 is 0 Å². The topological polar surface area (TPSA) is 47.3 Å². The van der Waals surface area contributed by atoms with Crippen LogP contribution in [0.2, 0.25) is 0 Å². The van der Waals surface area contributed by atoms with Crippen molar-refractivity contribution in [3.8, 4) is 5.75 Å². The Bertz CT molecular complexity index is 586. The second-order valence-electron chi connectivity index (χ2n) is 4.78. The van der Waals surface area contributed by atoms with E-state index in [1.54, 1.807) is 20.1 Å². The van der Waals surface area contributed by atoms with Gasteiger partial charge in [0.1, 0.15) is 11.6 Å². The Balaban J connectivity index is 2.21. The summed E-state index contributed by atoms with van der Waals surface area (Å²) in [7, 11) is 1.64. The van der Waals surface area contributed by atoms with Gasteiger partial charge in [-0.15, -0.1) is 0 Å². The Morgan fingerprint density at radius 3 is 2.70 bits per heavy atom. The zero-order valence-corrected chi connectivity index (χ0v) is 11.7. The molecule has 0 aromatic heterocycles. The number of benzene rings is 2. The van der Waals surface area contributed by atoms with Crippen LogP contribution in [0.5, 0.6) is 5.75 Å². The molecule has 0 radical (unpaired) electrons. The van der Waals surface area contributed by atoms with Crippen LogP contribution in [0.15, 0.2) is 42.5 Å². The first-order chi connectivity index (χ1) is 9.63. The minimum atomic E-state index is -0.203. The second-order valence-corrected chi connectivity index (χ2v) is 4.78. The highest BCUT2D eigenvalue weighted by atomic mass is 19.1. The standard InChI is InChI=1S/C16H19FN2O/c1-11-8-13(6-7-15(11)17)16(19-18)10-12-4-3-5-14(9-12)20-2/h3-9,16,19H,10,18H2,1-2H3. The van der Waals surface area contributed by atoms with Crippen LogP contribution in [-0.4, -0.2) is 7.11 Å². The van der Waals surface area contributed by atoms with Crippen LogP contribution in [-0.2, 0) is 6.42 Å². The number of hydrogen-bond donors (Lipinski definition) is 2. The van der Waals surface area contributed by atoms with Crippen LogP contribution in [0.1, 0.15) is 22.7 Å². The number of nitrogens with one attached hydrogen (secondary N) is 1. The van der Waals surface area contributed by atoms with E-state index in [-0.39, 0.29) is 11.9 Å². The van der Waals surface area contributed by atoms with E-state index in [1.165, 1.54) is 6.07 Å². The first kappa shape index (κ1) is 14.5. The van der Waals surface area contributed by atoms with E-state index < -0.39 is 0 Å². The highest BCUT2D eigenvalue weighted by Gasteiger charge is 2.12. The number of nitrogens with two attached hydrogens (primary N) is 1. The molecular formula is C16H19FN2O. The number of halogens is 1. The van der Waals surface area contributed by atoms with Crippen molar-refractivity contribution in [1.82, 2.24) is 5.43 Å². The summed E-state index contributed by atoms with van der Waals surface area (Å²) in [6, 6.07) is 12.8. The molecular weight excluding hydrogens is 255 g/mol. The number of hydrazine groups is 1. The zero-order valence-electron chi connectivity index (χ0n) is 11.7. The van der Waals surface area contributed by atoms with Crippen LogP contribution in [0.4, 0.5) is 4.39 Å². The molecule has 0 bridgehead atoms. The largest absolute Gasteiger partial charge is 0.497 e. The van der Waals surface area contributed by atoms with E-state index in [1.807, 2.05) is 30.3 Å². The van der Waals surface area contributed by atoms with E-state index in [9.17, 15) is 4.39 Å². The third kappa shape index (κ3) is 3.35. The molecule has 0 saturated heterocycles. The van der Waals surface area contributed by atoms with Crippen molar-refractivity contribution in [2.75, 3.05) is 7.11 Å². The molecule has 0 heterocycles. The van der Waals surface area contributed by atoms with E-state index in [0.29, 0.717) is 12.0 Å². The summed E-state index contributed by atoms with van der Waals surface area (Å²) in [6.07, 6.45) is 0.707. The maximum atomic E-state index is 13.3. The van der Waals surface area contributed by atoms with Crippen LogP contribution >= 0.6 is 0 Å². The van der Waals surface area contributed by atoms with Crippen molar-refractivity contribution >= 4 is 0 Å². The monoisotopic (exact) mass is 274 g/mol. The number of aryl methyl sites for hydroxylation is 1. The molecule has 0 aliphatic rings. The van der Waals surface area contributed by atoms with Gasteiger partial charge in [-0.05, 0) is 48.2 Å². The predicted molar refractivity (Wildman–Crippen MR) is 77.9 cm³/mol. The van der Waals surface area contributed by atoms with Crippen molar-refractivity contribution in [2.24, 2.45) is 5.84 Å². The van der Waals surface area contributed by atoms with Gasteiger partial charge in [0.2, 0.25) is 0 Å². The van der Waals surface area contributed by atoms with Crippen molar-refractivity contribution < 1.29 is 9.13 Å². The SMILES string of the molecule is COc1cccc(CC(NN)c2ccc(F)c(C)c2)c1. The average Bonchev–Trinajstić information content (AvgIpc) is 2.48. The molecule has 4 heteroatoms. The fourth-order valence-electron chi connectivity index (χ4n) is 2.19. The lowest BCUT2D eigenvalue weighted by molar-refractivity contribution is 0.414. The van der Waals surface area contributed by atoms with Gasteiger partial charge >= 0.3 is 0 Å². The number of rotatable bonds is 5. The van der Waals surface area contributed by atoms with Gasteiger partial charge in [-0.2, -0.15) is 0 Å². The molecule has 2 rings (SSSR count). The Kier molecular flexibility index (Phi) is 4.71. The van der Waals surface area contributed by atoms with Gasteiger partial charge in [-0.25, -0.2) is 4.39 Å². The third-order valence-corrected chi connectivity index (χ3v) is 3.36. The van der Waals surface area contributed by atoms with Crippen molar-refractivity contribution in [3.63, 3.8) is 0 Å². The maximum absolute atomic E-state index is 13.3. The molecule has 1 atom stereocenters. The van der Waals surface area contributed by atoms with Crippen LogP contribution < -0.4 is 16.0 Å². The van der Waals surface area contributed by atoms with Crippen LogP contribution in [0, 0.1) is 12.7 Å². The molecule has 0 saturated carbocycles. The van der Waals surface area contributed by atoms with Gasteiger partial charge in [0.05, 0.1) is 7.11 Å². The molecule has 0 spiro atoms. The third-order valence-electron chi connectivity index (χ3n) is 3.36. The fourth-order valence-corrected chi connectivity index (χ4v) is 2.19. The number of ether oxygens (including phenoxy) is 1. The molecule has 106 valence electrons. The second kappa shape index (κ2) is 6.50. The molecule has 2 aromatic rings. The molecule has 0 fully saturated rings. The Labute approximate surface area is 118 Å². The summed E-state index contributed by atoms with van der Waals surface area (Å²) < 4.78 is 18.5. The minimum absolute atomic E-state index is 0.0681. The molecule has 0 aliphatic carbocycles. The summed E-state index contributed by atoms with van der Waals surface area (Å²) in [5.74, 6) is 6.25. The fraction of sp³-hybridized carbons (Fsp3) is 0.250. The molecule has 3 N–H and O–H groups in total. The van der Waals surface area contributed by atoms with Gasteiger partial charge in [-0.1, -0.05) is 24.3 Å². The Morgan fingerprint density at radius 2 is 2.05 bits per heavy atom. The van der Waals surface area contributed by atoms with Gasteiger partial charge in [0, 0.05) is 6.04 Å². The van der Waals surface area contributed by atoms with Crippen LogP contribution in [0.3, 0.4) is 0 Å². The first-order valence-electron chi connectivity index (χ1n) is 6.49. The molecule has 2 aromatic carbocycles. The van der Waals surface area contributed by atoms with E-state index in [0.717, 1.165) is 16.9 Å². The summed E-state index contributed by atoms with van der Waals surface area (Å²) in [4.78, 5) is 0. The molecule has 3 nitrogen and oxygen atoms in total. The maximum Gasteiger partial charge on any atom is 0.126 e. The van der Waals surface area contributed by atoms with Gasteiger partial charge in [0.25, 0.3) is 0 Å². The highest BCUT2D eigenvalue weighted by molar-refractivity contribution is 5.32. The highest BCUT2D eigenvalue weighted by Crippen LogP contribution is 2.22. The molecule has 20 heavy (non-hydrogen) atoms. The normalized spacial score (nSPS) is 12.2. The molecule has 0 aliphatic heterocycles. The summed E-state index contributed by atoms with van der Waals surface area (Å²) in [6.45, 7) is 1.75. The minimum Gasteiger partial charge on any atom is -0.497 e. The number of methoxy groups -OCH3 is 1.